The number of nitrogens with one attached hydrogen (secondary N) is 1. The number of rotatable bonds is 2. The number of carbonyl (C=O) groups is 1. The van der Waals surface area contributed by atoms with Gasteiger partial charge in [0.1, 0.15) is 5.69 Å². The van der Waals surface area contributed by atoms with Crippen molar-refractivity contribution in [2.24, 2.45) is 0 Å². The number of aromatic nitrogens is 3. The molecule has 0 aliphatic carbocycles. The standard InChI is InChI=1S/C13H15BrN4O/c1-13(2,3)18-8-10(7-16-18)17-12(19)11-5-4-9(14)6-15-11/h4-8H,1-3H3,(H,17,19). The summed E-state index contributed by atoms with van der Waals surface area (Å²) in [6.45, 7) is 6.13. The molecular weight excluding hydrogens is 308 g/mol. The number of hydrogen-bond donors (Lipinski definition) is 1. The summed E-state index contributed by atoms with van der Waals surface area (Å²) in [6.07, 6.45) is 5.02. The van der Waals surface area contributed by atoms with Crippen molar-refractivity contribution in [3.8, 4) is 0 Å². The van der Waals surface area contributed by atoms with Crippen LogP contribution in [0, 0.1) is 0 Å². The van der Waals surface area contributed by atoms with Crippen molar-refractivity contribution in [2.45, 2.75) is 26.3 Å². The highest BCUT2D eigenvalue weighted by Gasteiger charge is 2.15. The van der Waals surface area contributed by atoms with Gasteiger partial charge in [0.15, 0.2) is 0 Å². The first-order chi connectivity index (χ1) is 8.86. The van der Waals surface area contributed by atoms with E-state index >= 15 is 0 Å². The van der Waals surface area contributed by atoms with Crippen molar-refractivity contribution < 1.29 is 4.79 Å². The maximum absolute atomic E-state index is 12.0. The number of amides is 1. The smallest absolute Gasteiger partial charge is 0.274 e. The first-order valence-electron chi connectivity index (χ1n) is 5.84. The van der Waals surface area contributed by atoms with E-state index in [9.17, 15) is 4.79 Å². The van der Waals surface area contributed by atoms with Gasteiger partial charge in [-0.3, -0.25) is 9.48 Å². The van der Waals surface area contributed by atoms with Crippen molar-refractivity contribution >= 4 is 27.5 Å². The van der Waals surface area contributed by atoms with Crippen molar-refractivity contribution in [2.75, 3.05) is 5.32 Å². The number of carbonyl (C=O) groups excluding carboxylic acids is 1. The van der Waals surface area contributed by atoms with E-state index in [-0.39, 0.29) is 11.4 Å². The molecule has 0 atom stereocenters. The van der Waals surface area contributed by atoms with Crippen LogP contribution >= 0.6 is 15.9 Å². The molecule has 6 heteroatoms. The second-order valence-electron chi connectivity index (χ2n) is 5.16. The van der Waals surface area contributed by atoms with Gasteiger partial charge in [-0.1, -0.05) is 0 Å². The molecule has 1 N–H and O–H groups in total. The van der Waals surface area contributed by atoms with Crippen LogP contribution in [0.15, 0.2) is 35.2 Å². The Balaban J connectivity index is 2.11. The largest absolute Gasteiger partial charge is 0.318 e. The average Bonchev–Trinajstić information content (AvgIpc) is 2.78. The molecule has 0 unspecified atom stereocenters. The van der Waals surface area contributed by atoms with Gasteiger partial charge in [-0.25, -0.2) is 4.98 Å². The lowest BCUT2D eigenvalue weighted by atomic mass is 10.1. The highest BCUT2D eigenvalue weighted by Crippen LogP contribution is 2.16. The number of halogens is 1. The van der Waals surface area contributed by atoms with Gasteiger partial charge in [-0.15, -0.1) is 0 Å². The maximum Gasteiger partial charge on any atom is 0.274 e. The third-order valence-corrected chi connectivity index (χ3v) is 2.96. The highest BCUT2D eigenvalue weighted by molar-refractivity contribution is 9.10. The zero-order valence-electron chi connectivity index (χ0n) is 11.0. The van der Waals surface area contributed by atoms with Gasteiger partial charge in [0.05, 0.1) is 17.4 Å². The molecule has 0 aliphatic rings. The van der Waals surface area contributed by atoms with E-state index in [1.54, 1.807) is 35.4 Å². The first kappa shape index (κ1) is 13.7. The summed E-state index contributed by atoms with van der Waals surface area (Å²) in [7, 11) is 0. The van der Waals surface area contributed by atoms with Crippen LogP contribution in [-0.4, -0.2) is 20.7 Å². The zero-order chi connectivity index (χ0) is 14.0. The lowest BCUT2D eigenvalue weighted by molar-refractivity contribution is 0.102. The normalized spacial score (nSPS) is 11.4. The molecule has 2 aromatic rings. The Kier molecular flexibility index (Phi) is 3.71. The van der Waals surface area contributed by atoms with E-state index in [0.29, 0.717) is 11.4 Å². The number of hydrogen-bond acceptors (Lipinski definition) is 3. The Morgan fingerprint density at radius 2 is 2.05 bits per heavy atom. The molecule has 100 valence electrons. The Bertz CT molecular complexity index is 583. The molecule has 1 amide bonds. The minimum Gasteiger partial charge on any atom is -0.318 e. The van der Waals surface area contributed by atoms with Gasteiger partial charge >= 0.3 is 0 Å². The van der Waals surface area contributed by atoms with Crippen molar-refractivity contribution in [1.82, 2.24) is 14.8 Å². The number of anilines is 1. The molecule has 0 bridgehead atoms. The predicted molar refractivity (Wildman–Crippen MR) is 77.1 cm³/mol. The van der Waals surface area contributed by atoms with Crippen LogP contribution < -0.4 is 5.32 Å². The quantitative estimate of drug-likeness (QED) is 0.924. The summed E-state index contributed by atoms with van der Waals surface area (Å²) >= 11 is 3.28. The lowest BCUT2D eigenvalue weighted by Gasteiger charge is -2.18. The Labute approximate surface area is 120 Å². The van der Waals surface area contributed by atoms with E-state index in [4.69, 9.17) is 0 Å². The molecule has 0 aromatic carbocycles. The van der Waals surface area contributed by atoms with Crippen molar-refractivity contribution in [3.63, 3.8) is 0 Å². The Hall–Kier alpha value is -1.69. The van der Waals surface area contributed by atoms with Crippen LogP contribution in [0.3, 0.4) is 0 Å². The molecule has 0 fully saturated rings. The molecule has 5 nitrogen and oxygen atoms in total. The monoisotopic (exact) mass is 322 g/mol. The second kappa shape index (κ2) is 5.13. The molecule has 2 heterocycles. The van der Waals surface area contributed by atoms with Gasteiger partial charge in [0.25, 0.3) is 5.91 Å². The topological polar surface area (TPSA) is 59.8 Å². The van der Waals surface area contributed by atoms with E-state index < -0.39 is 0 Å². The fourth-order valence-corrected chi connectivity index (χ4v) is 1.69. The molecule has 0 radical (unpaired) electrons. The molecule has 2 rings (SSSR count). The summed E-state index contributed by atoms with van der Waals surface area (Å²) in [5, 5.41) is 6.99. The maximum atomic E-state index is 12.0. The van der Waals surface area contributed by atoms with Gasteiger partial charge in [-0.2, -0.15) is 5.10 Å². The minimum atomic E-state index is -0.249. The van der Waals surface area contributed by atoms with Crippen molar-refractivity contribution in [1.29, 1.82) is 0 Å². The van der Waals surface area contributed by atoms with Crippen molar-refractivity contribution in [3.05, 3.63) is 40.9 Å². The summed E-state index contributed by atoms with van der Waals surface area (Å²) in [5.74, 6) is -0.249. The molecular formula is C13H15BrN4O. The molecule has 0 aliphatic heterocycles. The fourth-order valence-electron chi connectivity index (χ4n) is 1.46. The second-order valence-corrected chi connectivity index (χ2v) is 6.08. The van der Waals surface area contributed by atoms with E-state index in [2.05, 4.69) is 31.3 Å². The van der Waals surface area contributed by atoms with Crippen LogP contribution in [0.4, 0.5) is 5.69 Å². The molecule has 0 saturated carbocycles. The third-order valence-electron chi connectivity index (χ3n) is 2.49. The summed E-state index contributed by atoms with van der Waals surface area (Å²) in [6, 6.07) is 3.44. The summed E-state index contributed by atoms with van der Waals surface area (Å²) < 4.78 is 2.64. The van der Waals surface area contributed by atoms with E-state index in [1.165, 1.54) is 0 Å². The first-order valence-corrected chi connectivity index (χ1v) is 6.63. The van der Waals surface area contributed by atoms with Gasteiger partial charge in [0, 0.05) is 16.9 Å². The van der Waals surface area contributed by atoms with Crippen LogP contribution in [0.1, 0.15) is 31.3 Å². The van der Waals surface area contributed by atoms with E-state index in [0.717, 1.165) is 4.47 Å². The highest BCUT2D eigenvalue weighted by atomic mass is 79.9. The SMILES string of the molecule is CC(C)(C)n1cc(NC(=O)c2ccc(Br)cn2)cn1. The van der Waals surface area contributed by atoms with Crippen LogP contribution in [-0.2, 0) is 5.54 Å². The van der Waals surface area contributed by atoms with Crippen LogP contribution in [0.2, 0.25) is 0 Å². The lowest BCUT2D eigenvalue weighted by Crippen LogP contribution is -2.22. The van der Waals surface area contributed by atoms with Crippen LogP contribution in [0.5, 0.6) is 0 Å². The molecule has 0 saturated heterocycles. The average molecular weight is 323 g/mol. The Morgan fingerprint density at radius 3 is 2.58 bits per heavy atom. The minimum absolute atomic E-state index is 0.112. The third kappa shape index (κ3) is 3.41. The molecule has 0 spiro atoms. The van der Waals surface area contributed by atoms with Gasteiger partial charge in [-0.05, 0) is 48.8 Å². The summed E-state index contributed by atoms with van der Waals surface area (Å²) in [4.78, 5) is 16.0. The summed E-state index contributed by atoms with van der Waals surface area (Å²) in [5.41, 5.74) is 0.912. The molecule has 2 aromatic heterocycles. The zero-order valence-corrected chi connectivity index (χ0v) is 12.6. The van der Waals surface area contributed by atoms with E-state index in [1.807, 2.05) is 20.8 Å². The number of pyridine rings is 1. The fraction of sp³-hybridized carbons (Fsp3) is 0.308. The number of nitrogens with zero attached hydrogens (tertiary/aromatic N) is 3. The van der Waals surface area contributed by atoms with Crippen LogP contribution in [0.25, 0.3) is 0 Å². The Morgan fingerprint density at radius 1 is 1.32 bits per heavy atom. The predicted octanol–water partition coefficient (Wildman–Crippen LogP) is 3.05. The molecule has 19 heavy (non-hydrogen) atoms. The van der Waals surface area contributed by atoms with Gasteiger partial charge < -0.3 is 5.32 Å². The van der Waals surface area contributed by atoms with Gasteiger partial charge in [0.2, 0.25) is 0 Å².